The van der Waals surface area contributed by atoms with Gasteiger partial charge in [-0.25, -0.2) is 0 Å². The molecule has 1 atom stereocenters. The number of amides is 1. The van der Waals surface area contributed by atoms with Gasteiger partial charge in [0.25, 0.3) is 0 Å². The molecule has 0 spiro atoms. The van der Waals surface area contributed by atoms with Crippen LogP contribution in [-0.4, -0.2) is 70.4 Å². The maximum absolute atomic E-state index is 11.7. The summed E-state index contributed by atoms with van der Waals surface area (Å²) in [6.07, 6.45) is 1.06. The minimum Gasteiger partial charge on any atom is -0.382 e. The van der Waals surface area contributed by atoms with E-state index in [-0.39, 0.29) is 24.3 Å². The summed E-state index contributed by atoms with van der Waals surface area (Å²) in [7, 11) is 1.59. The molecule has 1 amide bonds. The number of nitrogens with one attached hydrogen (secondary N) is 1. The number of nitrogens with zero attached hydrogens (tertiary/aromatic N) is 1. The highest BCUT2D eigenvalue weighted by Gasteiger charge is 2.16. The average molecular weight is 332 g/mol. The Morgan fingerprint density at radius 3 is 2.39 bits per heavy atom. The molecule has 0 fully saturated rings. The fourth-order valence-electron chi connectivity index (χ4n) is 1.64. The Morgan fingerprint density at radius 2 is 1.78 bits per heavy atom. The summed E-state index contributed by atoms with van der Waals surface area (Å²) in [4.78, 5) is 27.1. The first-order chi connectivity index (χ1) is 11.0. The van der Waals surface area contributed by atoms with Crippen LogP contribution in [0.3, 0.4) is 0 Å². The van der Waals surface area contributed by atoms with Gasteiger partial charge in [-0.2, -0.15) is 0 Å². The van der Waals surface area contributed by atoms with Crippen molar-refractivity contribution < 1.29 is 23.8 Å². The fourth-order valence-corrected chi connectivity index (χ4v) is 1.64. The van der Waals surface area contributed by atoms with Crippen molar-refractivity contribution in [3.8, 4) is 0 Å². The van der Waals surface area contributed by atoms with Crippen LogP contribution < -0.4 is 16.8 Å². The van der Waals surface area contributed by atoms with E-state index in [1.165, 1.54) is 6.92 Å². The van der Waals surface area contributed by atoms with E-state index in [1.54, 1.807) is 7.11 Å². The summed E-state index contributed by atoms with van der Waals surface area (Å²) in [5, 5.41) is 2.63. The zero-order valence-electron chi connectivity index (χ0n) is 13.9. The van der Waals surface area contributed by atoms with E-state index in [0.29, 0.717) is 45.8 Å². The summed E-state index contributed by atoms with van der Waals surface area (Å²) >= 11 is 0. The molecule has 5 N–H and O–H groups in total. The van der Waals surface area contributed by atoms with Gasteiger partial charge in [0, 0.05) is 13.7 Å². The molecule has 0 saturated carbocycles. The molecule has 0 unspecified atom stereocenters. The summed E-state index contributed by atoms with van der Waals surface area (Å²) < 4.78 is 15.2. The lowest BCUT2D eigenvalue weighted by molar-refractivity contribution is -0.130. The molecule has 134 valence electrons. The Hall–Kier alpha value is -1.71. The largest absolute Gasteiger partial charge is 0.382 e. The van der Waals surface area contributed by atoms with Gasteiger partial charge in [0.15, 0.2) is 11.7 Å². The molecular weight excluding hydrogens is 304 g/mol. The number of Topliss-reactive ketones (excluding diaryl/α,β-unsaturated/α-hetero) is 1. The monoisotopic (exact) mass is 332 g/mol. The van der Waals surface area contributed by atoms with Crippen molar-refractivity contribution in [3.05, 3.63) is 0 Å². The zero-order chi connectivity index (χ0) is 17.5. The highest BCUT2D eigenvalue weighted by atomic mass is 16.5. The molecular formula is C14H28N4O5. The van der Waals surface area contributed by atoms with Crippen molar-refractivity contribution in [1.82, 2.24) is 5.32 Å². The summed E-state index contributed by atoms with van der Waals surface area (Å²) in [5.41, 5.74) is 10.4. The molecule has 0 rings (SSSR count). The first-order valence-electron chi connectivity index (χ1n) is 7.47. The number of hydrogen-bond acceptors (Lipinski definition) is 6. The van der Waals surface area contributed by atoms with E-state index in [2.05, 4.69) is 10.3 Å². The molecule has 0 bridgehead atoms. The number of guanidine groups is 1. The number of ether oxygens (including phenoxy) is 3. The Balaban J connectivity index is 3.84. The SMILES string of the molecule is COCCOCCOCC(=O)N[C@@H](CCCN=C(N)N)C(C)=O. The van der Waals surface area contributed by atoms with Gasteiger partial charge in [-0.1, -0.05) is 0 Å². The van der Waals surface area contributed by atoms with Gasteiger partial charge in [-0.3, -0.25) is 14.6 Å². The smallest absolute Gasteiger partial charge is 0.246 e. The Labute approximate surface area is 136 Å². The highest BCUT2D eigenvalue weighted by molar-refractivity contribution is 5.87. The van der Waals surface area contributed by atoms with Crippen molar-refractivity contribution in [1.29, 1.82) is 0 Å². The summed E-state index contributed by atoms with van der Waals surface area (Å²) in [6.45, 7) is 3.39. The van der Waals surface area contributed by atoms with Crippen LogP contribution in [0, 0.1) is 0 Å². The predicted molar refractivity (Wildman–Crippen MR) is 86.0 cm³/mol. The van der Waals surface area contributed by atoms with Crippen molar-refractivity contribution >= 4 is 17.6 Å². The number of methoxy groups -OCH3 is 1. The molecule has 0 aliphatic heterocycles. The fraction of sp³-hybridized carbons (Fsp3) is 0.786. The van der Waals surface area contributed by atoms with Gasteiger partial charge in [0.1, 0.15) is 6.61 Å². The normalized spacial score (nSPS) is 11.7. The Morgan fingerprint density at radius 1 is 1.13 bits per heavy atom. The maximum atomic E-state index is 11.7. The van der Waals surface area contributed by atoms with Crippen LogP contribution in [0.1, 0.15) is 19.8 Å². The molecule has 0 saturated heterocycles. The number of aliphatic imine (C=N–C) groups is 1. The average Bonchev–Trinajstić information content (AvgIpc) is 2.49. The van der Waals surface area contributed by atoms with E-state index in [1.807, 2.05) is 0 Å². The van der Waals surface area contributed by atoms with Crippen molar-refractivity contribution in [2.75, 3.05) is 46.7 Å². The molecule has 0 aromatic carbocycles. The minimum absolute atomic E-state index is 0.00882. The molecule has 0 heterocycles. The van der Waals surface area contributed by atoms with E-state index >= 15 is 0 Å². The number of ketones is 1. The summed E-state index contributed by atoms with van der Waals surface area (Å²) in [5.74, 6) is -0.454. The predicted octanol–water partition coefficient (Wildman–Crippen LogP) is -1.21. The molecule has 23 heavy (non-hydrogen) atoms. The van der Waals surface area contributed by atoms with E-state index < -0.39 is 6.04 Å². The molecule has 9 nitrogen and oxygen atoms in total. The lowest BCUT2D eigenvalue weighted by Gasteiger charge is -2.15. The summed E-state index contributed by atoms with van der Waals surface area (Å²) in [6, 6.07) is -0.557. The van der Waals surface area contributed by atoms with E-state index in [0.717, 1.165) is 0 Å². The number of nitrogens with two attached hydrogens (primary N) is 2. The van der Waals surface area contributed by atoms with E-state index in [4.69, 9.17) is 25.7 Å². The second kappa shape index (κ2) is 13.9. The van der Waals surface area contributed by atoms with Crippen LogP contribution in [0.15, 0.2) is 4.99 Å². The Bertz CT molecular complexity index is 372. The van der Waals surface area contributed by atoms with Crippen molar-refractivity contribution in [2.45, 2.75) is 25.8 Å². The second-order valence-corrected chi connectivity index (χ2v) is 4.84. The second-order valence-electron chi connectivity index (χ2n) is 4.84. The van der Waals surface area contributed by atoms with Gasteiger partial charge < -0.3 is 31.0 Å². The van der Waals surface area contributed by atoms with Crippen LogP contribution in [0.5, 0.6) is 0 Å². The third-order valence-electron chi connectivity index (χ3n) is 2.81. The van der Waals surface area contributed by atoms with Crippen LogP contribution in [0.2, 0.25) is 0 Å². The molecule has 0 aliphatic carbocycles. The van der Waals surface area contributed by atoms with Gasteiger partial charge in [-0.05, 0) is 19.8 Å². The third-order valence-corrected chi connectivity index (χ3v) is 2.81. The first-order valence-corrected chi connectivity index (χ1v) is 7.47. The molecule has 0 aliphatic rings. The molecule has 9 heteroatoms. The maximum Gasteiger partial charge on any atom is 0.246 e. The molecule has 0 aromatic rings. The topological polar surface area (TPSA) is 138 Å². The number of hydrogen-bond donors (Lipinski definition) is 3. The minimum atomic E-state index is -0.557. The molecule has 0 aromatic heterocycles. The lowest BCUT2D eigenvalue weighted by Crippen LogP contribution is -2.41. The number of carbonyl (C=O) groups excluding carboxylic acids is 2. The van der Waals surface area contributed by atoms with Crippen molar-refractivity contribution in [3.63, 3.8) is 0 Å². The third kappa shape index (κ3) is 13.7. The highest BCUT2D eigenvalue weighted by Crippen LogP contribution is 1.99. The van der Waals surface area contributed by atoms with Crippen molar-refractivity contribution in [2.24, 2.45) is 16.5 Å². The van der Waals surface area contributed by atoms with Crippen LogP contribution in [-0.2, 0) is 23.8 Å². The van der Waals surface area contributed by atoms with Gasteiger partial charge in [0.2, 0.25) is 5.91 Å². The van der Waals surface area contributed by atoms with Crippen LogP contribution in [0.25, 0.3) is 0 Å². The van der Waals surface area contributed by atoms with E-state index in [9.17, 15) is 9.59 Å². The lowest BCUT2D eigenvalue weighted by atomic mass is 10.1. The quantitative estimate of drug-likeness (QED) is 0.206. The van der Waals surface area contributed by atoms with Gasteiger partial charge in [0.05, 0.1) is 32.5 Å². The number of rotatable bonds is 14. The van der Waals surface area contributed by atoms with Gasteiger partial charge >= 0.3 is 0 Å². The van der Waals surface area contributed by atoms with Crippen LogP contribution in [0.4, 0.5) is 0 Å². The van der Waals surface area contributed by atoms with Crippen LogP contribution >= 0.6 is 0 Å². The number of carbonyl (C=O) groups is 2. The Kier molecular flexibility index (Phi) is 12.9. The standard InChI is InChI=1S/C14H28N4O5/c1-11(19)12(4-3-5-17-14(15)16)18-13(20)10-23-9-8-22-7-6-21-2/h12H,3-10H2,1-2H3,(H,18,20)(H4,15,16,17)/t12-/m0/s1. The zero-order valence-corrected chi connectivity index (χ0v) is 13.9. The van der Waals surface area contributed by atoms with Gasteiger partial charge in [-0.15, -0.1) is 0 Å². The molecule has 0 radical (unpaired) electrons. The first kappa shape index (κ1) is 21.3.